The van der Waals surface area contributed by atoms with Gasteiger partial charge in [0, 0.05) is 18.0 Å². The Morgan fingerprint density at radius 1 is 1.11 bits per heavy atom. The molecule has 1 atom stereocenters. The van der Waals surface area contributed by atoms with Crippen LogP contribution in [0, 0.1) is 17.8 Å². The van der Waals surface area contributed by atoms with Gasteiger partial charge in [0.05, 0.1) is 5.92 Å². The Kier molecular flexibility index (Phi) is 3.88. The van der Waals surface area contributed by atoms with Crippen LogP contribution in [0.25, 0.3) is 0 Å². The van der Waals surface area contributed by atoms with Gasteiger partial charge in [0.2, 0.25) is 5.91 Å². The van der Waals surface area contributed by atoms with Crippen LogP contribution in [0.4, 0.5) is 0 Å². The second-order valence-corrected chi connectivity index (χ2v) is 6.96. The third-order valence-corrected chi connectivity index (χ3v) is 4.76. The maximum atomic E-state index is 12.6. The third kappa shape index (κ3) is 2.93. The van der Waals surface area contributed by atoms with Crippen molar-refractivity contribution in [3.63, 3.8) is 0 Å². The summed E-state index contributed by atoms with van der Waals surface area (Å²) in [5.41, 5.74) is -0.0415. The molecule has 1 saturated heterocycles. The smallest absolute Gasteiger partial charge is 0.306 e. The molecule has 1 aliphatic heterocycles. The van der Waals surface area contributed by atoms with Crippen LogP contribution in [0.3, 0.4) is 0 Å². The van der Waals surface area contributed by atoms with Crippen LogP contribution in [0.1, 0.15) is 52.9 Å². The number of rotatable bonds is 2. The minimum absolute atomic E-state index is 0.0415. The Hall–Kier alpha value is -1.06. The number of hydrogen-bond donors (Lipinski definition) is 1. The largest absolute Gasteiger partial charge is 0.481 e. The van der Waals surface area contributed by atoms with Crippen molar-refractivity contribution in [2.24, 2.45) is 17.8 Å². The molecule has 108 valence electrons. The molecular formula is C15H25NO3. The van der Waals surface area contributed by atoms with Gasteiger partial charge in [-0.3, -0.25) is 9.59 Å². The Labute approximate surface area is 115 Å². The summed E-state index contributed by atoms with van der Waals surface area (Å²) < 4.78 is 0. The van der Waals surface area contributed by atoms with Crippen LogP contribution in [-0.2, 0) is 9.59 Å². The van der Waals surface area contributed by atoms with E-state index in [9.17, 15) is 9.59 Å². The lowest BCUT2D eigenvalue weighted by Crippen LogP contribution is -2.46. The summed E-state index contributed by atoms with van der Waals surface area (Å²) in [6.07, 6.45) is 3.82. The highest BCUT2D eigenvalue weighted by atomic mass is 16.4. The first kappa shape index (κ1) is 14.4. The molecule has 1 N–H and O–H groups in total. The number of carboxylic acids is 1. The lowest BCUT2D eigenvalue weighted by Gasteiger charge is -2.36. The molecular weight excluding hydrogens is 242 g/mol. The number of nitrogens with zero attached hydrogens (tertiary/aromatic N) is 1. The molecule has 2 fully saturated rings. The summed E-state index contributed by atoms with van der Waals surface area (Å²) in [5, 5.41) is 9.00. The van der Waals surface area contributed by atoms with Gasteiger partial charge in [-0.25, -0.2) is 0 Å². The SMILES string of the molecule is CC1CN(C(=O)C2CCC(C(=O)O)CC2)C(C)(C)C1. The summed E-state index contributed by atoms with van der Waals surface area (Å²) in [5.74, 6) is -0.0942. The number of hydrogen-bond acceptors (Lipinski definition) is 2. The van der Waals surface area contributed by atoms with Gasteiger partial charge in [0.1, 0.15) is 0 Å². The van der Waals surface area contributed by atoms with E-state index in [0.717, 1.165) is 25.8 Å². The number of amides is 1. The Morgan fingerprint density at radius 2 is 1.63 bits per heavy atom. The fourth-order valence-electron chi connectivity index (χ4n) is 3.78. The van der Waals surface area contributed by atoms with E-state index in [1.165, 1.54) is 0 Å². The summed E-state index contributed by atoms with van der Waals surface area (Å²) in [4.78, 5) is 25.6. The average Bonchev–Trinajstić information content (AvgIpc) is 2.61. The molecule has 0 aromatic heterocycles. The van der Waals surface area contributed by atoms with E-state index in [-0.39, 0.29) is 23.3 Å². The zero-order valence-electron chi connectivity index (χ0n) is 12.2. The van der Waals surface area contributed by atoms with Crippen molar-refractivity contribution in [1.29, 1.82) is 0 Å². The van der Waals surface area contributed by atoms with Crippen molar-refractivity contribution in [2.45, 2.75) is 58.4 Å². The van der Waals surface area contributed by atoms with E-state index >= 15 is 0 Å². The van der Waals surface area contributed by atoms with E-state index in [0.29, 0.717) is 18.8 Å². The lowest BCUT2D eigenvalue weighted by atomic mass is 9.81. The molecule has 19 heavy (non-hydrogen) atoms. The van der Waals surface area contributed by atoms with Gasteiger partial charge in [-0.2, -0.15) is 0 Å². The van der Waals surface area contributed by atoms with Crippen LogP contribution in [-0.4, -0.2) is 34.0 Å². The van der Waals surface area contributed by atoms with Crippen LogP contribution in [0.15, 0.2) is 0 Å². The van der Waals surface area contributed by atoms with Gasteiger partial charge >= 0.3 is 5.97 Å². The van der Waals surface area contributed by atoms with Crippen LogP contribution < -0.4 is 0 Å². The average molecular weight is 267 g/mol. The normalized spacial score (nSPS) is 34.3. The molecule has 0 radical (unpaired) electrons. The summed E-state index contributed by atoms with van der Waals surface area (Å²) in [6.45, 7) is 7.32. The van der Waals surface area contributed by atoms with Crippen LogP contribution in [0.5, 0.6) is 0 Å². The number of carbonyl (C=O) groups is 2. The quantitative estimate of drug-likeness (QED) is 0.836. The fourth-order valence-corrected chi connectivity index (χ4v) is 3.78. The molecule has 1 amide bonds. The van der Waals surface area contributed by atoms with Crippen LogP contribution >= 0.6 is 0 Å². The first-order chi connectivity index (χ1) is 8.81. The molecule has 0 bridgehead atoms. The molecule has 2 rings (SSSR count). The Balaban J connectivity index is 1.96. The van der Waals surface area contributed by atoms with Gasteiger partial charge in [-0.15, -0.1) is 0 Å². The number of likely N-dealkylation sites (tertiary alicyclic amines) is 1. The monoisotopic (exact) mass is 267 g/mol. The van der Waals surface area contributed by atoms with Gasteiger partial charge in [-0.05, 0) is 51.9 Å². The van der Waals surface area contributed by atoms with Crippen molar-refractivity contribution in [3.05, 3.63) is 0 Å². The van der Waals surface area contributed by atoms with Crippen LogP contribution in [0.2, 0.25) is 0 Å². The predicted molar refractivity (Wildman–Crippen MR) is 72.7 cm³/mol. The molecule has 2 aliphatic rings. The highest BCUT2D eigenvalue weighted by Crippen LogP contribution is 2.37. The topological polar surface area (TPSA) is 57.6 Å². The Bertz CT molecular complexity index is 370. The molecule has 0 aromatic rings. The highest BCUT2D eigenvalue weighted by molar-refractivity contribution is 5.80. The molecule has 0 aromatic carbocycles. The number of aliphatic carboxylic acids is 1. The van der Waals surface area contributed by atoms with Gasteiger partial charge in [-0.1, -0.05) is 6.92 Å². The van der Waals surface area contributed by atoms with Crippen molar-refractivity contribution in [1.82, 2.24) is 4.90 Å². The molecule has 4 nitrogen and oxygen atoms in total. The Morgan fingerprint density at radius 3 is 2.05 bits per heavy atom. The minimum atomic E-state index is -0.707. The van der Waals surface area contributed by atoms with Crippen molar-refractivity contribution in [2.75, 3.05) is 6.54 Å². The minimum Gasteiger partial charge on any atom is -0.481 e. The molecule has 0 spiro atoms. The molecule has 1 saturated carbocycles. The molecule has 1 unspecified atom stereocenters. The van der Waals surface area contributed by atoms with E-state index in [1.54, 1.807) is 0 Å². The third-order valence-electron chi connectivity index (χ3n) is 4.76. The zero-order valence-corrected chi connectivity index (χ0v) is 12.2. The van der Waals surface area contributed by atoms with E-state index in [2.05, 4.69) is 20.8 Å². The van der Waals surface area contributed by atoms with Crippen molar-refractivity contribution >= 4 is 11.9 Å². The van der Waals surface area contributed by atoms with Gasteiger partial charge < -0.3 is 10.0 Å². The molecule has 4 heteroatoms. The summed E-state index contributed by atoms with van der Waals surface area (Å²) in [6, 6.07) is 0. The fraction of sp³-hybridized carbons (Fsp3) is 0.867. The van der Waals surface area contributed by atoms with E-state index in [1.807, 2.05) is 4.90 Å². The van der Waals surface area contributed by atoms with E-state index < -0.39 is 5.97 Å². The number of carbonyl (C=O) groups excluding carboxylic acids is 1. The highest BCUT2D eigenvalue weighted by Gasteiger charge is 2.42. The van der Waals surface area contributed by atoms with Crippen molar-refractivity contribution in [3.8, 4) is 0 Å². The first-order valence-corrected chi connectivity index (χ1v) is 7.35. The predicted octanol–water partition coefficient (Wildman–Crippen LogP) is 2.52. The van der Waals surface area contributed by atoms with E-state index in [4.69, 9.17) is 5.11 Å². The number of carboxylic acid groups (broad SMARTS) is 1. The zero-order chi connectivity index (χ0) is 14.2. The molecule has 1 aliphatic carbocycles. The van der Waals surface area contributed by atoms with Gasteiger partial charge in [0.25, 0.3) is 0 Å². The second kappa shape index (κ2) is 5.14. The van der Waals surface area contributed by atoms with Gasteiger partial charge in [0.15, 0.2) is 0 Å². The molecule has 1 heterocycles. The maximum absolute atomic E-state index is 12.6. The van der Waals surface area contributed by atoms with Crippen molar-refractivity contribution < 1.29 is 14.7 Å². The lowest BCUT2D eigenvalue weighted by molar-refractivity contribution is -0.146. The first-order valence-electron chi connectivity index (χ1n) is 7.35. The summed E-state index contributed by atoms with van der Waals surface area (Å²) in [7, 11) is 0. The standard InChI is InChI=1S/C15H25NO3/c1-10-8-15(2,3)16(9-10)13(17)11-4-6-12(7-5-11)14(18)19/h10-12H,4-9H2,1-3H3,(H,18,19). The maximum Gasteiger partial charge on any atom is 0.306 e. The summed E-state index contributed by atoms with van der Waals surface area (Å²) >= 11 is 0. The second-order valence-electron chi connectivity index (χ2n) is 6.96.